The number of thiophene rings is 1. The molecule has 1 N–H and O–H groups in total. The summed E-state index contributed by atoms with van der Waals surface area (Å²) in [6.07, 6.45) is 0.962. The second-order valence-electron chi connectivity index (χ2n) is 4.10. The van der Waals surface area contributed by atoms with Crippen LogP contribution < -0.4 is 5.48 Å². The van der Waals surface area contributed by atoms with Crippen molar-refractivity contribution in [1.29, 1.82) is 0 Å². The first-order valence-corrected chi connectivity index (χ1v) is 6.86. The van der Waals surface area contributed by atoms with E-state index in [1.54, 1.807) is 18.4 Å². The quantitative estimate of drug-likeness (QED) is 0.613. The minimum atomic E-state index is 0.0734. The lowest BCUT2D eigenvalue weighted by atomic mass is 10.1. The molecule has 1 aromatic heterocycles. The molecule has 0 aromatic carbocycles. The van der Waals surface area contributed by atoms with E-state index < -0.39 is 0 Å². The summed E-state index contributed by atoms with van der Waals surface area (Å²) in [5, 5.41) is 2.09. The summed E-state index contributed by atoms with van der Waals surface area (Å²) in [5.41, 5.74) is 3.94. The first-order chi connectivity index (χ1) is 8.81. The molecule has 0 saturated heterocycles. The number of hydrogen-bond acceptors (Lipinski definition) is 5. The Kier molecular flexibility index (Phi) is 5.12. The van der Waals surface area contributed by atoms with Crippen LogP contribution in [0.2, 0.25) is 0 Å². The molecule has 18 heavy (non-hydrogen) atoms. The summed E-state index contributed by atoms with van der Waals surface area (Å²) >= 11 is 1.77. The predicted molar refractivity (Wildman–Crippen MR) is 69.3 cm³/mol. The average Bonchev–Trinajstić information content (AvgIpc) is 2.85. The van der Waals surface area contributed by atoms with Crippen molar-refractivity contribution in [2.45, 2.75) is 13.0 Å². The average molecular weight is 270 g/mol. The van der Waals surface area contributed by atoms with Gasteiger partial charge in [0, 0.05) is 25.1 Å². The summed E-state index contributed by atoms with van der Waals surface area (Å²) in [6.45, 7) is 2.69. The van der Waals surface area contributed by atoms with E-state index in [1.807, 2.05) is 4.90 Å². The van der Waals surface area contributed by atoms with Gasteiger partial charge in [0.05, 0.1) is 13.2 Å². The summed E-state index contributed by atoms with van der Waals surface area (Å²) in [4.78, 5) is 20.3. The molecule has 0 atom stereocenters. The molecule has 100 valence electrons. The monoisotopic (exact) mass is 270 g/mol. The van der Waals surface area contributed by atoms with E-state index in [1.165, 1.54) is 10.4 Å². The molecular formula is C12H18N2O3S. The number of carbonyl (C=O) groups is 1. The highest BCUT2D eigenvalue weighted by Gasteiger charge is 2.20. The van der Waals surface area contributed by atoms with Gasteiger partial charge < -0.3 is 9.64 Å². The van der Waals surface area contributed by atoms with Crippen LogP contribution in [0, 0.1) is 0 Å². The number of rotatable bonds is 6. The van der Waals surface area contributed by atoms with Crippen molar-refractivity contribution in [2.75, 3.05) is 33.4 Å². The highest BCUT2D eigenvalue weighted by Crippen LogP contribution is 2.23. The van der Waals surface area contributed by atoms with Crippen LogP contribution in [-0.4, -0.2) is 44.2 Å². The molecule has 1 aliphatic heterocycles. The molecule has 0 fully saturated rings. The third kappa shape index (κ3) is 3.52. The lowest BCUT2D eigenvalue weighted by molar-refractivity contribution is -0.134. The number of nitrogens with one attached hydrogen (secondary N) is 1. The molecule has 2 heterocycles. The maximum Gasteiger partial charge on any atom is 0.239 e. The molecule has 0 aliphatic carbocycles. The largest absolute Gasteiger partial charge is 0.382 e. The topological polar surface area (TPSA) is 50.8 Å². The molecule has 0 saturated carbocycles. The zero-order chi connectivity index (χ0) is 12.8. The van der Waals surface area contributed by atoms with Crippen molar-refractivity contribution in [3.8, 4) is 0 Å². The number of hydroxylamine groups is 1. The minimum absolute atomic E-state index is 0.0734. The van der Waals surface area contributed by atoms with Crippen molar-refractivity contribution in [3.05, 3.63) is 21.9 Å². The molecule has 0 unspecified atom stereocenters. The highest BCUT2D eigenvalue weighted by atomic mass is 32.1. The second-order valence-corrected chi connectivity index (χ2v) is 5.10. The standard InChI is InChI=1S/C12H18N2O3S/c1-16-5-6-17-13-8-12(15)14-4-2-11-10(9-14)3-7-18-11/h3,7,13H,2,4-6,8-9H2,1H3. The molecule has 0 bridgehead atoms. The van der Waals surface area contributed by atoms with Gasteiger partial charge >= 0.3 is 0 Å². The number of ether oxygens (including phenoxy) is 1. The molecule has 0 radical (unpaired) electrons. The Morgan fingerprint density at radius 1 is 1.56 bits per heavy atom. The van der Waals surface area contributed by atoms with Crippen LogP contribution in [0.4, 0.5) is 0 Å². The summed E-state index contributed by atoms with van der Waals surface area (Å²) in [5.74, 6) is 0.0734. The Morgan fingerprint density at radius 3 is 3.28 bits per heavy atom. The number of carbonyl (C=O) groups excluding carboxylic acids is 1. The molecular weight excluding hydrogens is 252 g/mol. The molecule has 1 amide bonds. The van der Waals surface area contributed by atoms with E-state index in [0.717, 1.165) is 19.5 Å². The zero-order valence-electron chi connectivity index (χ0n) is 10.5. The predicted octanol–water partition coefficient (Wildman–Crippen LogP) is 0.800. The van der Waals surface area contributed by atoms with Crippen molar-refractivity contribution >= 4 is 17.2 Å². The number of methoxy groups -OCH3 is 1. The van der Waals surface area contributed by atoms with Crippen molar-refractivity contribution < 1.29 is 14.4 Å². The van der Waals surface area contributed by atoms with E-state index in [4.69, 9.17) is 9.57 Å². The Balaban J connectivity index is 1.71. The van der Waals surface area contributed by atoms with Crippen LogP contribution >= 0.6 is 11.3 Å². The van der Waals surface area contributed by atoms with E-state index in [9.17, 15) is 4.79 Å². The maximum atomic E-state index is 11.9. The highest BCUT2D eigenvalue weighted by molar-refractivity contribution is 7.10. The smallest absolute Gasteiger partial charge is 0.239 e. The molecule has 1 aromatic rings. The molecule has 1 aliphatic rings. The van der Waals surface area contributed by atoms with E-state index >= 15 is 0 Å². The number of amides is 1. The van der Waals surface area contributed by atoms with Crippen LogP contribution in [0.25, 0.3) is 0 Å². The van der Waals surface area contributed by atoms with E-state index in [0.29, 0.717) is 13.2 Å². The number of nitrogens with zero attached hydrogens (tertiary/aromatic N) is 1. The van der Waals surface area contributed by atoms with Crippen molar-refractivity contribution in [1.82, 2.24) is 10.4 Å². The normalized spacial score (nSPS) is 14.6. The van der Waals surface area contributed by atoms with Gasteiger partial charge in [0.1, 0.15) is 6.54 Å². The van der Waals surface area contributed by atoms with Crippen LogP contribution in [0.1, 0.15) is 10.4 Å². The molecule has 0 spiro atoms. The van der Waals surface area contributed by atoms with Gasteiger partial charge in [-0.05, 0) is 23.4 Å². The van der Waals surface area contributed by atoms with Crippen molar-refractivity contribution in [3.63, 3.8) is 0 Å². The molecule has 6 heteroatoms. The fourth-order valence-corrected chi connectivity index (χ4v) is 2.77. The second kappa shape index (κ2) is 6.84. The Morgan fingerprint density at radius 2 is 2.44 bits per heavy atom. The van der Waals surface area contributed by atoms with Crippen LogP contribution in [0.3, 0.4) is 0 Å². The fraction of sp³-hybridized carbons (Fsp3) is 0.583. The summed E-state index contributed by atoms with van der Waals surface area (Å²) < 4.78 is 4.84. The van der Waals surface area contributed by atoms with Gasteiger partial charge in [0.25, 0.3) is 0 Å². The third-order valence-electron chi connectivity index (χ3n) is 2.88. The third-order valence-corrected chi connectivity index (χ3v) is 3.90. The lowest BCUT2D eigenvalue weighted by Gasteiger charge is -2.27. The van der Waals surface area contributed by atoms with E-state index in [2.05, 4.69) is 16.9 Å². The Hall–Kier alpha value is -0.950. The SMILES string of the molecule is COCCONCC(=O)N1CCc2sccc2C1. The van der Waals surface area contributed by atoms with Gasteiger partial charge in [0.2, 0.25) is 5.91 Å². The van der Waals surface area contributed by atoms with Crippen LogP contribution in [0.15, 0.2) is 11.4 Å². The van der Waals surface area contributed by atoms with Crippen molar-refractivity contribution in [2.24, 2.45) is 0 Å². The van der Waals surface area contributed by atoms with Gasteiger partial charge in [0.15, 0.2) is 0 Å². The van der Waals surface area contributed by atoms with Crippen LogP contribution in [-0.2, 0) is 27.3 Å². The first kappa shape index (κ1) is 13.5. The summed E-state index contributed by atoms with van der Waals surface area (Å²) in [7, 11) is 1.61. The molecule has 5 nitrogen and oxygen atoms in total. The fourth-order valence-electron chi connectivity index (χ4n) is 1.88. The zero-order valence-corrected chi connectivity index (χ0v) is 11.3. The van der Waals surface area contributed by atoms with E-state index in [-0.39, 0.29) is 12.5 Å². The lowest BCUT2D eigenvalue weighted by Crippen LogP contribution is -2.41. The Labute approximate surface area is 111 Å². The first-order valence-electron chi connectivity index (χ1n) is 5.98. The van der Waals surface area contributed by atoms with Gasteiger partial charge in [-0.25, -0.2) is 0 Å². The van der Waals surface area contributed by atoms with Gasteiger partial charge in [-0.2, -0.15) is 5.48 Å². The summed E-state index contributed by atoms with van der Waals surface area (Å²) in [6, 6.07) is 2.10. The number of fused-ring (bicyclic) bond motifs is 1. The van der Waals surface area contributed by atoms with Gasteiger partial charge in [-0.1, -0.05) is 0 Å². The molecule has 2 rings (SSSR count). The minimum Gasteiger partial charge on any atom is -0.382 e. The maximum absolute atomic E-state index is 11.9. The Bertz CT molecular complexity index is 394. The van der Waals surface area contributed by atoms with Gasteiger partial charge in [-0.3, -0.25) is 9.63 Å². The van der Waals surface area contributed by atoms with Crippen LogP contribution in [0.5, 0.6) is 0 Å². The van der Waals surface area contributed by atoms with Gasteiger partial charge in [-0.15, -0.1) is 11.3 Å². The number of hydrogen-bond donors (Lipinski definition) is 1.